The Bertz CT molecular complexity index is 146. The molecule has 1 aliphatic heterocycles. The largest absolute Gasteiger partial charge is 0.467 e. The van der Waals surface area contributed by atoms with Crippen LogP contribution >= 0.6 is 12.4 Å². The Morgan fingerprint density at radius 1 is 1.58 bits per heavy atom. The number of hydrogen-bond acceptors (Lipinski definition) is 4. The number of carbonyl (C=O) groups excluding carboxylic acids is 1. The number of hydrogen-bond donors (Lipinski definition) is 1. The first-order chi connectivity index (χ1) is 5.24. The van der Waals surface area contributed by atoms with Crippen molar-refractivity contribution in [1.29, 1.82) is 0 Å². The number of carbonyl (C=O) groups is 1. The predicted octanol–water partition coefficient (Wildman–Crippen LogP) is 0.0875. The average Bonchev–Trinajstić information content (AvgIpc) is 2.05. The second-order valence-electron chi connectivity index (χ2n) is 2.68. The highest BCUT2D eigenvalue weighted by Crippen LogP contribution is 2.12. The van der Waals surface area contributed by atoms with Crippen LogP contribution < -0.4 is 5.73 Å². The second kappa shape index (κ2) is 5.35. The Morgan fingerprint density at radius 3 is 2.67 bits per heavy atom. The van der Waals surface area contributed by atoms with E-state index >= 15 is 0 Å². The number of esters is 1. The maximum absolute atomic E-state index is 10.9. The topological polar surface area (TPSA) is 61.5 Å². The molecule has 1 saturated heterocycles. The molecule has 0 aromatic rings. The summed E-state index contributed by atoms with van der Waals surface area (Å²) in [5, 5.41) is 0. The van der Waals surface area contributed by atoms with Gasteiger partial charge < -0.3 is 15.2 Å². The summed E-state index contributed by atoms with van der Waals surface area (Å²) in [6, 6.07) is 0.0795. The summed E-state index contributed by atoms with van der Waals surface area (Å²) in [6.45, 7) is 0.458. The molecule has 1 heterocycles. The van der Waals surface area contributed by atoms with E-state index in [2.05, 4.69) is 4.74 Å². The van der Waals surface area contributed by atoms with Gasteiger partial charge >= 0.3 is 5.97 Å². The number of methoxy groups -OCH3 is 1. The zero-order valence-corrected chi connectivity index (χ0v) is 7.80. The van der Waals surface area contributed by atoms with Crippen LogP contribution in [0.25, 0.3) is 0 Å². The predicted molar refractivity (Wildman–Crippen MR) is 46.2 cm³/mol. The van der Waals surface area contributed by atoms with E-state index in [0.717, 1.165) is 6.42 Å². The lowest BCUT2D eigenvalue weighted by atomic mass is 10.1. The Hall–Kier alpha value is -0.320. The molecule has 0 aliphatic carbocycles. The van der Waals surface area contributed by atoms with Crippen LogP contribution in [-0.4, -0.2) is 31.8 Å². The van der Waals surface area contributed by atoms with Gasteiger partial charge in [0.1, 0.15) is 0 Å². The second-order valence-corrected chi connectivity index (χ2v) is 2.68. The zero-order valence-electron chi connectivity index (χ0n) is 6.99. The first kappa shape index (κ1) is 11.7. The first-order valence-electron chi connectivity index (χ1n) is 3.69. The summed E-state index contributed by atoms with van der Waals surface area (Å²) in [4.78, 5) is 10.9. The minimum Gasteiger partial charge on any atom is -0.467 e. The molecule has 0 aromatic heterocycles. The molecule has 5 heteroatoms. The lowest BCUT2D eigenvalue weighted by molar-refractivity contribution is -0.157. The standard InChI is InChI=1S/C7H13NO3.ClH/c1-10-7(9)6-3-2-5(8)4-11-6;/h5-6H,2-4,8H2,1H3;1H. The van der Waals surface area contributed by atoms with Crippen molar-refractivity contribution in [2.75, 3.05) is 13.7 Å². The minimum absolute atomic E-state index is 0. The maximum atomic E-state index is 10.9. The van der Waals surface area contributed by atoms with E-state index in [1.54, 1.807) is 0 Å². The van der Waals surface area contributed by atoms with E-state index in [1.807, 2.05) is 0 Å². The molecule has 2 unspecified atom stereocenters. The molecule has 0 aromatic carbocycles. The van der Waals surface area contributed by atoms with Crippen LogP contribution in [0, 0.1) is 0 Å². The van der Waals surface area contributed by atoms with Crippen LogP contribution in [0.1, 0.15) is 12.8 Å². The fourth-order valence-corrected chi connectivity index (χ4v) is 1.09. The van der Waals surface area contributed by atoms with Crippen LogP contribution in [-0.2, 0) is 14.3 Å². The lowest BCUT2D eigenvalue weighted by Crippen LogP contribution is -2.39. The molecule has 12 heavy (non-hydrogen) atoms. The molecular weight excluding hydrogens is 182 g/mol. The molecule has 2 atom stereocenters. The van der Waals surface area contributed by atoms with Gasteiger partial charge in [-0.15, -0.1) is 12.4 Å². The molecule has 72 valence electrons. The fraction of sp³-hybridized carbons (Fsp3) is 0.857. The molecule has 4 nitrogen and oxygen atoms in total. The normalized spacial score (nSPS) is 28.8. The van der Waals surface area contributed by atoms with Crippen LogP contribution in [0.5, 0.6) is 0 Å². The molecule has 1 aliphatic rings. The molecule has 0 spiro atoms. The number of ether oxygens (including phenoxy) is 2. The van der Waals surface area contributed by atoms with Crippen LogP contribution in [0.15, 0.2) is 0 Å². The third-order valence-electron chi connectivity index (χ3n) is 1.78. The van der Waals surface area contributed by atoms with Crippen LogP contribution in [0.4, 0.5) is 0 Å². The van der Waals surface area contributed by atoms with E-state index in [-0.39, 0.29) is 30.5 Å². The third-order valence-corrected chi connectivity index (χ3v) is 1.78. The van der Waals surface area contributed by atoms with Gasteiger partial charge in [-0.2, -0.15) is 0 Å². The van der Waals surface area contributed by atoms with Gasteiger partial charge in [0.25, 0.3) is 0 Å². The highest BCUT2D eigenvalue weighted by molar-refractivity contribution is 5.85. The minimum atomic E-state index is -0.389. The van der Waals surface area contributed by atoms with Crippen molar-refractivity contribution in [3.8, 4) is 0 Å². The maximum Gasteiger partial charge on any atom is 0.334 e. The van der Waals surface area contributed by atoms with Gasteiger partial charge in [0.2, 0.25) is 0 Å². The summed E-state index contributed by atoms with van der Waals surface area (Å²) < 4.78 is 9.66. The van der Waals surface area contributed by atoms with Gasteiger partial charge in [-0.1, -0.05) is 0 Å². The van der Waals surface area contributed by atoms with Gasteiger partial charge in [0.15, 0.2) is 6.10 Å². The fourth-order valence-electron chi connectivity index (χ4n) is 1.09. The van der Waals surface area contributed by atoms with Gasteiger partial charge in [-0.05, 0) is 12.8 Å². The molecule has 2 N–H and O–H groups in total. The molecule has 0 saturated carbocycles. The monoisotopic (exact) mass is 195 g/mol. The third kappa shape index (κ3) is 2.97. The molecule has 0 radical (unpaired) electrons. The average molecular weight is 196 g/mol. The van der Waals surface area contributed by atoms with E-state index in [0.29, 0.717) is 13.0 Å². The summed E-state index contributed by atoms with van der Waals surface area (Å²) in [5.41, 5.74) is 5.56. The van der Waals surface area contributed by atoms with Crippen molar-refractivity contribution in [3.05, 3.63) is 0 Å². The van der Waals surface area contributed by atoms with E-state index in [1.165, 1.54) is 7.11 Å². The molecule has 0 amide bonds. The number of rotatable bonds is 1. The zero-order chi connectivity index (χ0) is 8.27. The first-order valence-corrected chi connectivity index (χ1v) is 3.69. The summed E-state index contributed by atoms with van der Waals surface area (Å²) in [5.74, 6) is -0.295. The van der Waals surface area contributed by atoms with E-state index in [9.17, 15) is 4.79 Å². The number of nitrogens with two attached hydrogens (primary N) is 1. The van der Waals surface area contributed by atoms with Crippen LogP contribution in [0.2, 0.25) is 0 Å². The van der Waals surface area contributed by atoms with Crippen molar-refractivity contribution in [1.82, 2.24) is 0 Å². The Kier molecular flexibility index (Phi) is 5.20. The summed E-state index contributed by atoms with van der Waals surface area (Å²) in [7, 11) is 1.36. The van der Waals surface area contributed by atoms with Crippen molar-refractivity contribution in [3.63, 3.8) is 0 Å². The smallest absolute Gasteiger partial charge is 0.334 e. The van der Waals surface area contributed by atoms with E-state index < -0.39 is 0 Å². The molecular formula is C7H14ClNO3. The van der Waals surface area contributed by atoms with Gasteiger partial charge in [0.05, 0.1) is 13.7 Å². The van der Waals surface area contributed by atoms with Crippen molar-refractivity contribution >= 4 is 18.4 Å². The molecule has 1 rings (SSSR count). The van der Waals surface area contributed by atoms with Gasteiger partial charge in [-0.3, -0.25) is 0 Å². The quantitative estimate of drug-likeness (QED) is 0.603. The van der Waals surface area contributed by atoms with E-state index in [4.69, 9.17) is 10.5 Å². The van der Waals surface area contributed by atoms with Crippen molar-refractivity contribution in [2.24, 2.45) is 5.73 Å². The van der Waals surface area contributed by atoms with Crippen LogP contribution in [0.3, 0.4) is 0 Å². The lowest BCUT2D eigenvalue weighted by Gasteiger charge is -2.24. The Morgan fingerprint density at radius 2 is 2.25 bits per heavy atom. The highest BCUT2D eigenvalue weighted by atomic mass is 35.5. The summed E-state index contributed by atoms with van der Waals surface area (Å²) >= 11 is 0. The molecule has 0 bridgehead atoms. The summed E-state index contributed by atoms with van der Waals surface area (Å²) in [6.07, 6.45) is 1.12. The van der Waals surface area contributed by atoms with Gasteiger partial charge in [-0.25, -0.2) is 4.79 Å². The highest BCUT2D eigenvalue weighted by Gasteiger charge is 2.25. The Balaban J connectivity index is 0.00000121. The SMILES string of the molecule is COC(=O)C1CCC(N)CO1.Cl. The number of halogens is 1. The molecule has 1 fully saturated rings. The van der Waals surface area contributed by atoms with Gasteiger partial charge in [0, 0.05) is 6.04 Å². The van der Waals surface area contributed by atoms with Crippen molar-refractivity contribution in [2.45, 2.75) is 25.0 Å². The van der Waals surface area contributed by atoms with Crippen molar-refractivity contribution < 1.29 is 14.3 Å². The Labute approximate surface area is 77.8 Å².